The van der Waals surface area contributed by atoms with E-state index < -0.39 is 6.10 Å². The van der Waals surface area contributed by atoms with Gasteiger partial charge in [0.25, 0.3) is 0 Å². The number of methoxy groups -OCH3 is 1. The minimum Gasteiger partial charge on any atom is -0.496 e. The fraction of sp³-hybridized carbons (Fsp3) is 0.600. The summed E-state index contributed by atoms with van der Waals surface area (Å²) in [4.78, 5) is 0. The Morgan fingerprint density at radius 1 is 1.32 bits per heavy atom. The molecule has 1 aromatic carbocycles. The number of rotatable bonds is 6. The first kappa shape index (κ1) is 14.3. The average Bonchev–Trinajstić information content (AvgIpc) is 2.48. The number of benzene rings is 1. The fourth-order valence-corrected chi connectivity index (χ4v) is 2.29. The van der Waals surface area contributed by atoms with E-state index in [4.69, 9.17) is 14.2 Å². The van der Waals surface area contributed by atoms with E-state index in [1.807, 2.05) is 24.3 Å². The van der Waals surface area contributed by atoms with Crippen molar-refractivity contribution in [2.75, 3.05) is 33.5 Å². The van der Waals surface area contributed by atoms with Gasteiger partial charge in [-0.3, -0.25) is 0 Å². The molecule has 0 aliphatic carbocycles. The van der Waals surface area contributed by atoms with E-state index in [1.165, 1.54) is 0 Å². The zero-order chi connectivity index (χ0) is 13.5. The molecule has 4 nitrogen and oxygen atoms in total. The number of para-hydroxylation sites is 1. The Balaban J connectivity index is 1.78. The van der Waals surface area contributed by atoms with E-state index in [1.54, 1.807) is 7.11 Å². The van der Waals surface area contributed by atoms with Crippen LogP contribution in [-0.2, 0) is 9.47 Å². The zero-order valence-corrected chi connectivity index (χ0v) is 11.4. The molecule has 0 amide bonds. The van der Waals surface area contributed by atoms with Crippen molar-refractivity contribution in [1.29, 1.82) is 0 Å². The molecular formula is C15H22O4. The van der Waals surface area contributed by atoms with Crippen LogP contribution in [-0.4, -0.2) is 38.6 Å². The highest BCUT2D eigenvalue weighted by Gasteiger charge is 2.16. The van der Waals surface area contributed by atoms with Crippen molar-refractivity contribution in [3.8, 4) is 5.75 Å². The van der Waals surface area contributed by atoms with Crippen LogP contribution in [0.3, 0.4) is 0 Å². The maximum atomic E-state index is 10.1. The molecule has 0 saturated carbocycles. The van der Waals surface area contributed by atoms with Gasteiger partial charge < -0.3 is 19.3 Å². The van der Waals surface area contributed by atoms with Gasteiger partial charge in [0.15, 0.2) is 0 Å². The second-order valence-corrected chi connectivity index (χ2v) is 4.85. The first-order valence-corrected chi connectivity index (χ1v) is 6.77. The molecule has 0 spiro atoms. The van der Waals surface area contributed by atoms with E-state index in [-0.39, 0.29) is 0 Å². The van der Waals surface area contributed by atoms with E-state index in [2.05, 4.69) is 0 Å². The van der Waals surface area contributed by atoms with Crippen molar-refractivity contribution >= 4 is 0 Å². The third kappa shape index (κ3) is 4.20. The third-order valence-electron chi connectivity index (χ3n) is 3.47. The van der Waals surface area contributed by atoms with E-state index >= 15 is 0 Å². The Bertz CT molecular complexity index is 374. The minimum absolute atomic E-state index is 0.303. The summed E-state index contributed by atoms with van der Waals surface area (Å²) in [7, 11) is 1.61. The third-order valence-corrected chi connectivity index (χ3v) is 3.47. The first-order valence-electron chi connectivity index (χ1n) is 6.77. The zero-order valence-electron chi connectivity index (χ0n) is 11.4. The molecule has 2 rings (SSSR count). The molecule has 1 aliphatic heterocycles. The molecule has 1 saturated heterocycles. The van der Waals surface area contributed by atoms with Crippen LogP contribution in [0.25, 0.3) is 0 Å². The van der Waals surface area contributed by atoms with Crippen LogP contribution in [0.15, 0.2) is 24.3 Å². The smallest absolute Gasteiger partial charge is 0.124 e. The van der Waals surface area contributed by atoms with Crippen LogP contribution in [0, 0.1) is 5.92 Å². The molecule has 1 heterocycles. The highest BCUT2D eigenvalue weighted by atomic mass is 16.5. The van der Waals surface area contributed by atoms with Gasteiger partial charge in [0.2, 0.25) is 0 Å². The van der Waals surface area contributed by atoms with Gasteiger partial charge in [-0.15, -0.1) is 0 Å². The quantitative estimate of drug-likeness (QED) is 0.857. The highest BCUT2D eigenvalue weighted by Crippen LogP contribution is 2.25. The number of aliphatic hydroxyl groups is 1. The Morgan fingerprint density at radius 3 is 2.79 bits per heavy atom. The predicted octanol–water partition coefficient (Wildman–Crippen LogP) is 2.17. The lowest BCUT2D eigenvalue weighted by atomic mass is 10.0. The monoisotopic (exact) mass is 266 g/mol. The van der Waals surface area contributed by atoms with Crippen LogP contribution in [0.2, 0.25) is 0 Å². The van der Waals surface area contributed by atoms with Crippen molar-refractivity contribution in [3.63, 3.8) is 0 Å². The summed E-state index contributed by atoms with van der Waals surface area (Å²) in [5.41, 5.74) is 0.775. The van der Waals surface area contributed by atoms with Gasteiger partial charge in [0.1, 0.15) is 11.9 Å². The maximum absolute atomic E-state index is 10.1. The second-order valence-electron chi connectivity index (χ2n) is 4.85. The Hall–Kier alpha value is -1.10. The molecule has 1 N–H and O–H groups in total. The van der Waals surface area contributed by atoms with Gasteiger partial charge >= 0.3 is 0 Å². The maximum Gasteiger partial charge on any atom is 0.124 e. The normalized spacial score (nSPS) is 18.2. The van der Waals surface area contributed by atoms with Crippen molar-refractivity contribution in [2.45, 2.75) is 18.9 Å². The lowest BCUT2D eigenvalue weighted by molar-refractivity contribution is -0.0101. The molecule has 0 radical (unpaired) electrons. The van der Waals surface area contributed by atoms with Crippen LogP contribution < -0.4 is 4.74 Å². The summed E-state index contributed by atoms with van der Waals surface area (Å²) >= 11 is 0. The summed E-state index contributed by atoms with van der Waals surface area (Å²) in [6, 6.07) is 7.48. The van der Waals surface area contributed by atoms with Crippen LogP contribution in [0.5, 0.6) is 5.75 Å². The molecule has 0 bridgehead atoms. The van der Waals surface area contributed by atoms with E-state index in [0.29, 0.717) is 24.9 Å². The molecule has 0 aromatic heterocycles. The number of aliphatic hydroxyl groups excluding tert-OH is 1. The lowest BCUT2D eigenvalue weighted by Crippen LogP contribution is -2.21. The molecule has 19 heavy (non-hydrogen) atoms. The van der Waals surface area contributed by atoms with E-state index in [9.17, 15) is 5.11 Å². The van der Waals surface area contributed by atoms with Crippen molar-refractivity contribution in [2.24, 2.45) is 5.92 Å². The van der Waals surface area contributed by atoms with Crippen molar-refractivity contribution in [3.05, 3.63) is 29.8 Å². The predicted molar refractivity (Wildman–Crippen MR) is 72.3 cm³/mol. The topological polar surface area (TPSA) is 47.9 Å². The molecule has 1 fully saturated rings. The van der Waals surface area contributed by atoms with Gasteiger partial charge in [-0.2, -0.15) is 0 Å². The van der Waals surface area contributed by atoms with Gasteiger partial charge in [-0.05, 0) is 24.8 Å². The second kappa shape index (κ2) is 7.48. The molecule has 1 aromatic rings. The van der Waals surface area contributed by atoms with Gasteiger partial charge in [-0.25, -0.2) is 0 Å². The largest absolute Gasteiger partial charge is 0.496 e. The number of hydrogen-bond acceptors (Lipinski definition) is 4. The molecule has 106 valence electrons. The Morgan fingerprint density at radius 2 is 2.05 bits per heavy atom. The Kier molecular flexibility index (Phi) is 5.63. The number of ether oxygens (including phenoxy) is 3. The highest BCUT2D eigenvalue weighted by molar-refractivity contribution is 5.34. The molecule has 4 heteroatoms. The van der Waals surface area contributed by atoms with Crippen molar-refractivity contribution < 1.29 is 19.3 Å². The van der Waals surface area contributed by atoms with Crippen molar-refractivity contribution in [1.82, 2.24) is 0 Å². The fourth-order valence-electron chi connectivity index (χ4n) is 2.29. The lowest BCUT2D eigenvalue weighted by Gasteiger charge is -2.22. The standard InChI is InChI=1S/C15H22O4/c1-17-15-5-3-2-4-13(15)14(16)11-19-10-12-6-8-18-9-7-12/h2-5,12,14,16H,6-11H2,1H3. The molecule has 1 unspecified atom stereocenters. The average molecular weight is 266 g/mol. The van der Waals surface area contributed by atoms with Crippen LogP contribution in [0.4, 0.5) is 0 Å². The summed E-state index contributed by atoms with van der Waals surface area (Å²) in [6.07, 6.45) is 1.45. The molecular weight excluding hydrogens is 244 g/mol. The first-order chi connectivity index (χ1) is 9.31. The minimum atomic E-state index is -0.643. The van der Waals surface area contributed by atoms with Crippen LogP contribution >= 0.6 is 0 Å². The molecule has 1 atom stereocenters. The van der Waals surface area contributed by atoms with Crippen LogP contribution in [0.1, 0.15) is 24.5 Å². The van der Waals surface area contributed by atoms with Gasteiger partial charge in [0.05, 0.1) is 13.7 Å². The Labute approximate surface area is 114 Å². The van der Waals surface area contributed by atoms with E-state index in [0.717, 1.165) is 31.6 Å². The van der Waals surface area contributed by atoms with Gasteiger partial charge in [0, 0.05) is 25.4 Å². The summed E-state index contributed by atoms with van der Waals surface area (Å²) in [6.45, 7) is 2.64. The SMILES string of the molecule is COc1ccccc1C(O)COCC1CCOCC1. The summed E-state index contributed by atoms with van der Waals surface area (Å²) in [5.74, 6) is 1.25. The summed E-state index contributed by atoms with van der Waals surface area (Å²) in [5, 5.41) is 10.1. The van der Waals surface area contributed by atoms with Gasteiger partial charge in [-0.1, -0.05) is 18.2 Å². The number of hydrogen-bond donors (Lipinski definition) is 1. The summed E-state index contributed by atoms with van der Waals surface area (Å²) < 4.78 is 16.2. The molecule has 1 aliphatic rings.